The first-order chi connectivity index (χ1) is 12.9. The van der Waals surface area contributed by atoms with Crippen LogP contribution in [0, 0.1) is 13.8 Å². The zero-order valence-electron chi connectivity index (χ0n) is 15.8. The van der Waals surface area contributed by atoms with Crippen LogP contribution in [0.15, 0.2) is 52.1 Å². The van der Waals surface area contributed by atoms with Gasteiger partial charge in [0.1, 0.15) is 6.54 Å². The Bertz CT molecular complexity index is 1130. The smallest absolute Gasteiger partial charge is 0.324 e. The van der Waals surface area contributed by atoms with E-state index in [1.807, 2.05) is 39.0 Å². The number of benzene rings is 2. The molecule has 1 amide bonds. The SMILES string of the molecule is CCCn1c(=O)c2ccccc2n(CC(=O)Nc2cccc(C)c2C)c1=O. The lowest BCUT2D eigenvalue weighted by Gasteiger charge is -2.15. The first kappa shape index (κ1) is 18.6. The molecule has 3 aromatic rings. The van der Waals surface area contributed by atoms with E-state index in [9.17, 15) is 14.4 Å². The molecule has 0 spiro atoms. The molecule has 1 aromatic heterocycles. The van der Waals surface area contributed by atoms with Gasteiger partial charge >= 0.3 is 5.69 Å². The minimum atomic E-state index is -0.461. The van der Waals surface area contributed by atoms with E-state index in [0.29, 0.717) is 23.9 Å². The predicted molar refractivity (Wildman–Crippen MR) is 107 cm³/mol. The first-order valence-corrected chi connectivity index (χ1v) is 9.02. The van der Waals surface area contributed by atoms with Crippen LogP contribution in [0.25, 0.3) is 10.9 Å². The number of amides is 1. The van der Waals surface area contributed by atoms with Gasteiger partial charge < -0.3 is 5.32 Å². The molecule has 0 aliphatic heterocycles. The van der Waals surface area contributed by atoms with Gasteiger partial charge in [-0.1, -0.05) is 31.2 Å². The number of carbonyl (C=O) groups excluding carboxylic acids is 1. The van der Waals surface area contributed by atoms with Gasteiger partial charge in [0.05, 0.1) is 10.9 Å². The van der Waals surface area contributed by atoms with Gasteiger partial charge in [-0.15, -0.1) is 0 Å². The van der Waals surface area contributed by atoms with Crippen molar-refractivity contribution in [3.8, 4) is 0 Å². The molecule has 140 valence electrons. The number of hydrogen-bond acceptors (Lipinski definition) is 3. The third kappa shape index (κ3) is 3.56. The number of aryl methyl sites for hydroxylation is 1. The van der Waals surface area contributed by atoms with Crippen molar-refractivity contribution in [1.82, 2.24) is 9.13 Å². The van der Waals surface area contributed by atoms with Gasteiger partial charge in [0, 0.05) is 12.2 Å². The monoisotopic (exact) mass is 365 g/mol. The largest absolute Gasteiger partial charge is 0.331 e. The van der Waals surface area contributed by atoms with Crippen molar-refractivity contribution in [3.05, 3.63) is 74.4 Å². The first-order valence-electron chi connectivity index (χ1n) is 9.02. The highest BCUT2D eigenvalue weighted by molar-refractivity contribution is 5.92. The van der Waals surface area contributed by atoms with Gasteiger partial charge in [-0.3, -0.25) is 18.7 Å². The Morgan fingerprint density at radius 3 is 2.48 bits per heavy atom. The molecular weight excluding hydrogens is 342 g/mol. The van der Waals surface area contributed by atoms with Gasteiger partial charge in [0.25, 0.3) is 5.56 Å². The Balaban J connectivity index is 2.03. The molecule has 6 nitrogen and oxygen atoms in total. The zero-order chi connectivity index (χ0) is 19.6. The Morgan fingerprint density at radius 2 is 1.74 bits per heavy atom. The summed E-state index contributed by atoms with van der Waals surface area (Å²) in [4.78, 5) is 38.1. The Morgan fingerprint density at radius 1 is 1.00 bits per heavy atom. The van der Waals surface area contributed by atoms with Gasteiger partial charge in [-0.2, -0.15) is 0 Å². The summed E-state index contributed by atoms with van der Waals surface area (Å²) >= 11 is 0. The molecule has 27 heavy (non-hydrogen) atoms. The summed E-state index contributed by atoms with van der Waals surface area (Å²) in [6.07, 6.45) is 0.655. The molecule has 0 atom stereocenters. The van der Waals surface area contributed by atoms with E-state index < -0.39 is 5.69 Å². The number of nitrogens with one attached hydrogen (secondary N) is 1. The lowest BCUT2D eigenvalue weighted by molar-refractivity contribution is -0.116. The minimum absolute atomic E-state index is 0.156. The lowest BCUT2D eigenvalue weighted by atomic mass is 10.1. The Hall–Kier alpha value is -3.15. The summed E-state index contributed by atoms with van der Waals surface area (Å²) in [6, 6.07) is 12.6. The van der Waals surface area contributed by atoms with Crippen molar-refractivity contribution in [3.63, 3.8) is 0 Å². The van der Waals surface area contributed by atoms with Crippen molar-refractivity contribution in [1.29, 1.82) is 0 Å². The molecule has 0 aliphatic rings. The van der Waals surface area contributed by atoms with Gasteiger partial charge in [-0.25, -0.2) is 4.79 Å². The van der Waals surface area contributed by atoms with Crippen molar-refractivity contribution in [2.45, 2.75) is 40.3 Å². The van der Waals surface area contributed by atoms with E-state index in [0.717, 1.165) is 16.8 Å². The number of para-hydroxylation sites is 1. The minimum Gasteiger partial charge on any atom is -0.324 e. The molecule has 0 unspecified atom stereocenters. The highest BCUT2D eigenvalue weighted by Crippen LogP contribution is 2.18. The number of anilines is 1. The van der Waals surface area contributed by atoms with Gasteiger partial charge in [0.2, 0.25) is 5.91 Å². The normalized spacial score (nSPS) is 10.9. The quantitative estimate of drug-likeness (QED) is 0.756. The molecule has 2 aromatic carbocycles. The summed E-state index contributed by atoms with van der Waals surface area (Å²) in [5, 5.41) is 3.31. The molecular formula is C21H23N3O3. The van der Waals surface area contributed by atoms with Crippen molar-refractivity contribution in [2.75, 3.05) is 5.32 Å². The van der Waals surface area contributed by atoms with Gasteiger partial charge in [0.15, 0.2) is 0 Å². The predicted octanol–water partition coefficient (Wildman–Crippen LogP) is 2.83. The van der Waals surface area contributed by atoms with Crippen LogP contribution < -0.4 is 16.6 Å². The second kappa shape index (κ2) is 7.61. The fourth-order valence-electron chi connectivity index (χ4n) is 3.16. The average Bonchev–Trinajstić information content (AvgIpc) is 2.66. The lowest BCUT2D eigenvalue weighted by Crippen LogP contribution is -2.41. The van der Waals surface area contributed by atoms with Crippen molar-refractivity contribution < 1.29 is 4.79 Å². The van der Waals surface area contributed by atoms with Crippen LogP contribution in [-0.4, -0.2) is 15.0 Å². The number of hydrogen-bond donors (Lipinski definition) is 1. The van der Waals surface area contributed by atoms with Crippen molar-refractivity contribution >= 4 is 22.5 Å². The molecule has 1 heterocycles. The van der Waals surface area contributed by atoms with E-state index in [2.05, 4.69) is 5.32 Å². The van der Waals surface area contributed by atoms with E-state index >= 15 is 0 Å². The molecule has 3 rings (SSSR count). The van der Waals surface area contributed by atoms with Crippen LogP contribution in [0.5, 0.6) is 0 Å². The molecule has 0 radical (unpaired) electrons. The highest BCUT2D eigenvalue weighted by Gasteiger charge is 2.15. The molecule has 1 N–H and O–H groups in total. The molecule has 0 saturated carbocycles. The van der Waals surface area contributed by atoms with E-state index in [1.165, 1.54) is 9.13 Å². The summed E-state index contributed by atoms with van der Waals surface area (Å²) in [5.41, 5.74) is 2.47. The summed E-state index contributed by atoms with van der Waals surface area (Å²) < 4.78 is 2.57. The van der Waals surface area contributed by atoms with Gasteiger partial charge in [-0.05, 0) is 49.6 Å². The maximum Gasteiger partial charge on any atom is 0.331 e. The summed E-state index contributed by atoms with van der Waals surface area (Å²) in [7, 11) is 0. The summed E-state index contributed by atoms with van der Waals surface area (Å²) in [6.45, 7) is 5.98. The van der Waals surface area contributed by atoms with Crippen LogP contribution in [-0.2, 0) is 17.9 Å². The van der Waals surface area contributed by atoms with Crippen LogP contribution in [0.3, 0.4) is 0 Å². The standard InChI is InChI=1S/C21H23N3O3/c1-4-12-23-20(26)16-9-5-6-11-18(16)24(21(23)27)13-19(25)22-17-10-7-8-14(2)15(17)3/h5-11H,4,12-13H2,1-3H3,(H,22,25). The third-order valence-electron chi connectivity index (χ3n) is 4.76. The number of aromatic nitrogens is 2. The van der Waals surface area contributed by atoms with Crippen LogP contribution in [0.2, 0.25) is 0 Å². The van der Waals surface area contributed by atoms with Crippen LogP contribution >= 0.6 is 0 Å². The second-order valence-electron chi connectivity index (χ2n) is 6.64. The second-order valence-corrected chi connectivity index (χ2v) is 6.64. The fraction of sp³-hybridized carbons (Fsp3) is 0.286. The molecule has 0 fully saturated rings. The molecule has 0 saturated heterocycles. The van der Waals surface area contributed by atoms with Crippen LogP contribution in [0.1, 0.15) is 24.5 Å². The fourth-order valence-corrected chi connectivity index (χ4v) is 3.16. The third-order valence-corrected chi connectivity index (χ3v) is 4.76. The Labute approximate surface area is 157 Å². The summed E-state index contributed by atoms with van der Waals surface area (Å²) in [5.74, 6) is -0.308. The number of fused-ring (bicyclic) bond motifs is 1. The number of carbonyl (C=O) groups is 1. The van der Waals surface area contributed by atoms with Crippen molar-refractivity contribution in [2.24, 2.45) is 0 Å². The van der Waals surface area contributed by atoms with E-state index in [-0.39, 0.29) is 18.0 Å². The number of nitrogens with zero attached hydrogens (tertiary/aromatic N) is 2. The maximum atomic E-state index is 12.8. The maximum absolute atomic E-state index is 12.8. The topological polar surface area (TPSA) is 73.1 Å². The Kier molecular flexibility index (Phi) is 5.26. The van der Waals surface area contributed by atoms with E-state index in [4.69, 9.17) is 0 Å². The van der Waals surface area contributed by atoms with Crippen LogP contribution in [0.4, 0.5) is 5.69 Å². The average molecular weight is 365 g/mol. The number of rotatable bonds is 5. The molecule has 6 heteroatoms. The zero-order valence-corrected chi connectivity index (χ0v) is 15.8. The van der Waals surface area contributed by atoms with E-state index in [1.54, 1.807) is 24.3 Å². The highest BCUT2D eigenvalue weighted by atomic mass is 16.2. The molecule has 0 aliphatic carbocycles. The molecule has 0 bridgehead atoms.